The predicted molar refractivity (Wildman–Crippen MR) is 111 cm³/mol. The molecule has 1 aliphatic carbocycles. The van der Waals surface area contributed by atoms with E-state index >= 15 is 0 Å². The van der Waals surface area contributed by atoms with Crippen LogP contribution in [-0.4, -0.2) is 41.3 Å². The molecule has 0 spiro atoms. The number of nitrogens with zero attached hydrogens (tertiary/aromatic N) is 2. The molecular formula is C23H33N3O2. The Labute approximate surface area is 168 Å². The van der Waals surface area contributed by atoms with Crippen LogP contribution < -0.4 is 5.32 Å². The van der Waals surface area contributed by atoms with Gasteiger partial charge in [-0.05, 0) is 62.0 Å². The van der Waals surface area contributed by atoms with Crippen molar-refractivity contribution in [2.75, 3.05) is 19.6 Å². The summed E-state index contributed by atoms with van der Waals surface area (Å²) < 4.78 is 0. The van der Waals surface area contributed by atoms with Crippen LogP contribution in [0.15, 0.2) is 36.0 Å². The van der Waals surface area contributed by atoms with Crippen molar-refractivity contribution in [1.82, 2.24) is 15.2 Å². The lowest BCUT2D eigenvalue weighted by Crippen LogP contribution is -2.38. The Bertz CT molecular complexity index is 708. The topological polar surface area (TPSA) is 62.3 Å². The van der Waals surface area contributed by atoms with Gasteiger partial charge >= 0.3 is 0 Å². The van der Waals surface area contributed by atoms with Gasteiger partial charge in [-0.2, -0.15) is 0 Å². The van der Waals surface area contributed by atoms with Gasteiger partial charge in [0.15, 0.2) is 0 Å². The number of hydrogen-bond acceptors (Lipinski definition) is 3. The number of aromatic nitrogens is 1. The molecule has 28 heavy (non-hydrogen) atoms. The molecule has 1 aliphatic heterocycles. The molecule has 0 aromatic carbocycles. The SMILES string of the molecule is CC1=CC(CNC(=O)c2ccccn2)C(C(C)C)CC1CC(=O)N1CCCC1. The summed E-state index contributed by atoms with van der Waals surface area (Å²) in [5.74, 6) is 1.77. The highest BCUT2D eigenvalue weighted by Gasteiger charge is 2.33. The van der Waals surface area contributed by atoms with Crippen LogP contribution in [0.2, 0.25) is 0 Å². The number of carbonyl (C=O) groups is 2. The van der Waals surface area contributed by atoms with Crippen molar-refractivity contribution >= 4 is 11.8 Å². The van der Waals surface area contributed by atoms with Gasteiger partial charge < -0.3 is 10.2 Å². The molecule has 2 aliphatic rings. The van der Waals surface area contributed by atoms with Gasteiger partial charge in [-0.1, -0.05) is 31.6 Å². The van der Waals surface area contributed by atoms with Crippen LogP contribution in [0.4, 0.5) is 0 Å². The second-order valence-corrected chi connectivity index (χ2v) is 8.63. The maximum atomic E-state index is 12.6. The van der Waals surface area contributed by atoms with E-state index in [-0.39, 0.29) is 5.91 Å². The molecule has 5 heteroatoms. The highest BCUT2D eigenvalue weighted by atomic mass is 16.2. The Kier molecular flexibility index (Phi) is 6.87. The molecule has 2 heterocycles. The number of amides is 2. The molecule has 3 atom stereocenters. The predicted octanol–water partition coefficient (Wildman–Crippen LogP) is 3.68. The number of carbonyl (C=O) groups excluding carboxylic acids is 2. The molecular weight excluding hydrogens is 350 g/mol. The third-order valence-electron chi connectivity index (χ3n) is 6.36. The fourth-order valence-electron chi connectivity index (χ4n) is 4.61. The second kappa shape index (κ2) is 9.35. The van der Waals surface area contributed by atoms with Crippen molar-refractivity contribution in [1.29, 1.82) is 0 Å². The molecule has 3 rings (SSSR count). The van der Waals surface area contributed by atoms with Crippen LogP contribution >= 0.6 is 0 Å². The first-order chi connectivity index (χ1) is 13.5. The van der Waals surface area contributed by atoms with Gasteiger partial charge in [0.25, 0.3) is 5.91 Å². The Morgan fingerprint density at radius 2 is 2.00 bits per heavy atom. The molecule has 1 saturated heterocycles. The third kappa shape index (κ3) is 5.00. The molecule has 0 saturated carbocycles. The first-order valence-electron chi connectivity index (χ1n) is 10.6. The van der Waals surface area contributed by atoms with Gasteiger partial charge in [-0.3, -0.25) is 14.6 Å². The summed E-state index contributed by atoms with van der Waals surface area (Å²) in [7, 11) is 0. The van der Waals surface area contributed by atoms with Gasteiger partial charge in [0.1, 0.15) is 5.69 Å². The van der Waals surface area contributed by atoms with Crippen molar-refractivity contribution in [2.24, 2.45) is 23.7 Å². The largest absolute Gasteiger partial charge is 0.350 e. The van der Waals surface area contributed by atoms with E-state index in [2.05, 4.69) is 37.1 Å². The average molecular weight is 384 g/mol. The van der Waals surface area contributed by atoms with Crippen LogP contribution in [0.3, 0.4) is 0 Å². The monoisotopic (exact) mass is 383 g/mol. The van der Waals surface area contributed by atoms with Crippen molar-refractivity contribution < 1.29 is 9.59 Å². The molecule has 1 aromatic heterocycles. The van der Waals surface area contributed by atoms with Gasteiger partial charge in [-0.15, -0.1) is 0 Å². The lowest BCUT2D eigenvalue weighted by Gasteiger charge is -2.37. The summed E-state index contributed by atoms with van der Waals surface area (Å²) in [6.07, 6.45) is 7.85. The van der Waals surface area contributed by atoms with E-state index in [1.807, 2.05) is 17.0 Å². The molecule has 152 valence electrons. The summed E-state index contributed by atoms with van der Waals surface area (Å²) in [5.41, 5.74) is 1.75. The first-order valence-corrected chi connectivity index (χ1v) is 10.6. The molecule has 1 aromatic rings. The smallest absolute Gasteiger partial charge is 0.269 e. The number of pyridine rings is 1. The minimum absolute atomic E-state index is 0.125. The minimum Gasteiger partial charge on any atom is -0.350 e. The van der Waals surface area contributed by atoms with Crippen LogP contribution in [0.5, 0.6) is 0 Å². The first kappa shape index (κ1) is 20.6. The lowest BCUT2D eigenvalue weighted by atomic mass is 9.69. The standard InChI is InChI=1S/C23H33N3O2/c1-16(2)20-13-18(14-22(27)26-10-6-7-11-26)17(3)12-19(20)15-25-23(28)21-8-4-5-9-24-21/h4-5,8-9,12,16,18-20H,6-7,10-11,13-15H2,1-3H3,(H,25,28). The Hall–Kier alpha value is -2.17. The zero-order valence-electron chi connectivity index (χ0n) is 17.4. The van der Waals surface area contributed by atoms with E-state index in [9.17, 15) is 9.59 Å². The fraction of sp³-hybridized carbons (Fsp3) is 0.609. The lowest BCUT2D eigenvalue weighted by molar-refractivity contribution is -0.131. The summed E-state index contributed by atoms with van der Waals surface area (Å²) in [5, 5.41) is 3.05. The van der Waals surface area contributed by atoms with Crippen LogP contribution in [-0.2, 0) is 4.79 Å². The molecule has 1 N–H and O–H groups in total. The highest BCUT2D eigenvalue weighted by molar-refractivity contribution is 5.92. The second-order valence-electron chi connectivity index (χ2n) is 8.63. The Morgan fingerprint density at radius 3 is 2.64 bits per heavy atom. The average Bonchev–Trinajstić information content (AvgIpc) is 3.23. The van der Waals surface area contributed by atoms with Gasteiger partial charge in [0.05, 0.1) is 0 Å². The van der Waals surface area contributed by atoms with Crippen LogP contribution in [0.1, 0.15) is 56.9 Å². The summed E-state index contributed by atoms with van der Waals surface area (Å²) in [6.45, 7) is 9.08. The highest BCUT2D eigenvalue weighted by Crippen LogP contribution is 2.39. The van der Waals surface area contributed by atoms with E-state index in [0.717, 1.165) is 32.4 Å². The maximum absolute atomic E-state index is 12.6. The molecule has 5 nitrogen and oxygen atoms in total. The molecule has 0 radical (unpaired) electrons. The fourth-order valence-corrected chi connectivity index (χ4v) is 4.61. The Balaban J connectivity index is 1.63. The number of likely N-dealkylation sites (tertiary alicyclic amines) is 1. The van der Waals surface area contributed by atoms with Crippen molar-refractivity contribution in [2.45, 2.75) is 46.5 Å². The molecule has 0 bridgehead atoms. The number of hydrogen-bond donors (Lipinski definition) is 1. The van der Waals surface area contributed by atoms with E-state index in [1.54, 1.807) is 12.3 Å². The zero-order valence-corrected chi connectivity index (χ0v) is 17.4. The molecule has 3 unspecified atom stereocenters. The minimum atomic E-state index is -0.125. The molecule has 1 fully saturated rings. The van der Waals surface area contributed by atoms with Crippen molar-refractivity contribution in [3.05, 3.63) is 41.7 Å². The van der Waals surface area contributed by atoms with E-state index < -0.39 is 0 Å². The van der Waals surface area contributed by atoms with Gasteiger partial charge in [0, 0.05) is 32.3 Å². The maximum Gasteiger partial charge on any atom is 0.269 e. The van der Waals surface area contributed by atoms with Crippen molar-refractivity contribution in [3.8, 4) is 0 Å². The number of nitrogens with one attached hydrogen (secondary N) is 1. The normalized spacial score (nSPS) is 24.9. The summed E-state index contributed by atoms with van der Waals surface area (Å²) in [6, 6.07) is 5.37. The number of allylic oxidation sites excluding steroid dienone is 1. The van der Waals surface area contributed by atoms with E-state index in [1.165, 1.54) is 5.57 Å². The van der Waals surface area contributed by atoms with Gasteiger partial charge in [-0.25, -0.2) is 0 Å². The van der Waals surface area contributed by atoms with Crippen LogP contribution in [0.25, 0.3) is 0 Å². The number of rotatable bonds is 6. The summed E-state index contributed by atoms with van der Waals surface area (Å²) >= 11 is 0. The molecule has 2 amide bonds. The van der Waals surface area contributed by atoms with Crippen LogP contribution in [0, 0.1) is 23.7 Å². The van der Waals surface area contributed by atoms with E-state index in [0.29, 0.717) is 48.2 Å². The summed E-state index contributed by atoms with van der Waals surface area (Å²) in [4.78, 5) is 31.1. The van der Waals surface area contributed by atoms with Crippen molar-refractivity contribution in [3.63, 3.8) is 0 Å². The third-order valence-corrected chi connectivity index (χ3v) is 6.36. The Morgan fingerprint density at radius 1 is 1.25 bits per heavy atom. The zero-order chi connectivity index (χ0) is 20.1. The van der Waals surface area contributed by atoms with Gasteiger partial charge in [0.2, 0.25) is 5.91 Å². The quantitative estimate of drug-likeness (QED) is 0.762. The van der Waals surface area contributed by atoms with E-state index in [4.69, 9.17) is 0 Å².